The molecule has 2 heterocycles. The molecule has 0 spiro atoms. The van der Waals surface area contributed by atoms with E-state index in [4.69, 9.17) is 0 Å². The Morgan fingerprint density at radius 1 is 1.29 bits per heavy atom. The number of benzene rings is 1. The maximum atomic E-state index is 12.1. The molecule has 2 aromatic rings. The normalized spacial score (nSPS) is 16.5. The van der Waals surface area contributed by atoms with Crippen LogP contribution in [0.3, 0.4) is 0 Å². The number of para-hydroxylation sites is 1. The molecular weight excluding hydrogens is 308 g/mol. The highest BCUT2D eigenvalue weighted by Crippen LogP contribution is 2.33. The first-order valence-corrected chi connectivity index (χ1v) is 7.91. The minimum absolute atomic E-state index is 0.107. The van der Waals surface area contributed by atoms with Crippen LogP contribution in [-0.4, -0.2) is 35.6 Å². The van der Waals surface area contributed by atoms with Crippen molar-refractivity contribution < 1.29 is 4.79 Å². The molecule has 1 amide bonds. The van der Waals surface area contributed by atoms with Crippen LogP contribution >= 0.6 is 0 Å². The number of hydrogen-bond donors (Lipinski definition) is 2. The molecule has 7 nitrogen and oxygen atoms in total. The van der Waals surface area contributed by atoms with Crippen LogP contribution < -0.4 is 21.5 Å². The van der Waals surface area contributed by atoms with E-state index in [1.54, 1.807) is 0 Å². The van der Waals surface area contributed by atoms with Crippen LogP contribution in [0.2, 0.25) is 0 Å². The molecule has 0 saturated heterocycles. The molecule has 7 heteroatoms. The first kappa shape index (κ1) is 16.0. The summed E-state index contributed by atoms with van der Waals surface area (Å²) in [5.74, 6) is 0.00853. The third kappa shape index (κ3) is 3.40. The zero-order valence-electron chi connectivity index (χ0n) is 13.5. The van der Waals surface area contributed by atoms with Gasteiger partial charge in [-0.1, -0.05) is 18.2 Å². The Hall–Kier alpha value is -2.83. The van der Waals surface area contributed by atoms with Gasteiger partial charge >= 0.3 is 5.69 Å². The van der Waals surface area contributed by atoms with Crippen molar-refractivity contribution in [2.75, 3.05) is 25.0 Å². The van der Waals surface area contributed by atoms with E-state index in [0.717, 1.165) is 13.0 Å². The quantitative estimate of drug-likeness (QED) is 0.844. The predicted molar refractivity (Wildman–Crippen MR) is 91.4 cm³/mol. The summed E-state index contributed by atoms with van der Waals surface area (Å²) in [5.41, 5.74) is 1.37. The summed E-state index contributed by atoms with van der Waals surface area (Å²) in [7, 11) is 2.07. The van der Waals surface area contributed by atoms with Crippen LogP contribution in [0.1, 0.15) is 17.9 Å². The van der Waals surface area contributed by atoms with E-state index in [2.05, 4.69) is 34.4 Å². The van der Waals surface area contributed by atoms with Crippen molar-refractivity contribution >= 4 is 11.6 Å². The second-order valence-electron chi connectivity index (χ2n) is 6.01. The average molecular weight is 328 g/mol. The van der Waals surface area contributed by atoms with Gasteiger partial charge in [-0.15, -0.1) is 0 Å². The Labute approximate surface area is 138 Å². The number of nitrogens with one attached hydrogen (secondary N) is 2. The molecule has 0 bridgehead atoms. The number of carbonyl (C=O) groups excluding carboxylic acids is 1. The largest absolute Gasteiger partial charge is 0.374 e. The zero-order valence-corrected chi connectivity index (χ0v) is 13.5. The summed E-state index contributed by atoms with van der Waals surface area (Å²) in [6.45, 7) is 1.36. The number of amides is 1. The van der Waals surface area contributed by atoms with Crippen molar-refractivity contribution in [3.05, 3.63) is 62.9 Å². The molecule has 1 aromatic carbocycles. The smallest absolute Gasteiger partial charge is 0.328 e. The van der Waals surface area contributed by atoms with Gasteiger partial charge < -0.3 is 10.2 Å². The van der Waals surface area contributed by atoms with Gasteiger partial charge in [0.15, 0.2) is 0 Å². The van der Waals surface area contributed by atoms with E-state index in [9.17, 15) is 14.4 Å². The molecule has 126 valence electrons. The van der Waals surface area contributed by atoms with Crippen molar-refractivity contribution in [1.82, 2.24) is 14.9 Å². The number of H-pyrrole nitrogens is 1. The van der Waals surface area contributed by atoms with Crippen LogP contribution in [0, 0.1) is 0 Å². The molecular formula is C17H20N4O3. The molecule has 24 heavy (non-hydrogen) atoms. The minimum Gasteiger partial charge on any atom is -0.374 e. The fourth-order valence-corrected chi connectivity index (χ4v) is 3.03. The fourth-order valence-electron chi connectivity index (χ4n) is 3.03. The van der Waals surface area contributed by atoms with E-state index in [1.165, 1.54) is 28.1 Å². The second-order valence-corrected chi connectivity index (χ2v) is 6.01. The Balaban J connectivity index is 1.64. The van der Waals surface area contributed by atoms with Crippen LogP contribution in [0.4, 0.5) is 5.69 Å². The monoisotopic (exact) mass is 328 g/mol. The van der Waals surface area contributed by atoms with Crippen molar-refractivity contribution in [3.63, 3.8) is 0 Å². The first-order valence-electron chi connectivity index (χ1n) is 7.91. The molecule has 0 radical (unpaired) electrons. The molecule has 2 N–H and O–H groups in total. The van der Waals surface area contributed by atoms with Crippen molar-refractivity contribution in [2.45, 2.75) is 18.9 Å². The number of aromatic nitrogens is 2. The van der Waals surface area contributed by atoms with Gasteiger partial charge in [0, 0.05) is 44.0 Å². The number of fused-ring (bicyclic) bond motifs is 1. The number of rotatable bonds is 4. The second kappa shape index (κ2) is 6.74. The first-order chi connectivity index (χ1) is 11.5. The lowest BCUT2D eigenvalue weighted by molar-refractivity contribution is -0.121. The van der Waals surface area contributed by atoms with E-state index in [-0.39, 0.29) is 18.4 Å². The molecule has 0 fully saturated rings. The summed E-state index contributed by atoms with van der Waals surface area (Å²) in [5, 5.41) is 2.89. The lowest BCUT2D eigenvalue weighted by Crippen LogP contribution is -2.38. The molecule has 1 atom stereocenters. The molecule has 1 unspecified atom stereocenters. The van der Waals surface area contributed by atoms with E-state index in [1.807, 2.05) is 12.1 Å². The standard InChI is InChI=1S/C17H20N4O3/c1-20-8-6-12(13-4-2-3-5-14(13)20)10-18-16(23)11-21-9-7-15(22)19-17(21)24/h2-5,7,9,12H,6,8,10-11H2,1H3,(H,18,23)(H,19,22,24). The highest BCUT2D eigenvalue weighted by molar-refractivity contribution is 5.75. The van der Waals surface area contributed by atoms with Gasteiger partial charge in [0.2, 0.25) is 5.91 Å². The maximum Gasteiger partial charge on any atom is 0.328 e. The zero-order chi connectivity index (χ0) is 17.1. The van der Waals surface area contributed by atoms with E-state index >= 15 is 0 Å². The van der Waals surface area contributed by atoms with Crippen LogP contribution in [0.25, 0.3) is 0 Å². The van der Waals surface area contributed by atoms with Crippen LogP contribution in [0.5, 0.6) is 0 Å². The lowest BCUT2D eigenvalue weighted by Gasteiger charge is -2.33. The summed E-state index contributed by atoms with van der Waals surface area (Å²) in [4.78, 5) is 39.1. The highest BCUT2D eigenvalue weighted by atomic mass is 16.2. The third-order valence-electron chi connectivity index (χ3n) is 4.36. The molecule has 1 aliphatic heterocycles. The fraction of sp³-hybridized carbons (Fsp3) is 0.353. The van der Waals surface area contributed by atoms with Gasteiger partial charge in [0.1, 0.15) is 6.54 Å². The summed E-state index contributed by atoms with van der Waals surface area (Å²) >= 11 is 0. The molecule has 3 rings (SSSR count). The highest BCUT2D eigenvalue weighted by Gasteiger charge is 2.23. The van der Waals surface area contributed by atoms with Crippen molar-refractivity contribution in [3.8, 4) is 0 Å². The van der Waals surface area contributed by atoms with E-state index < -0.39 is 11.2 Å². The number of carbonyl (C=O) groups is 1. The van der Waals surface area contributed by atoms with Gasteiger partial charge in [0.25, 0.3) is 5.56 Å². The third-order valence-corrected chi connectivity index (χ3v) is 4.36. The Kier molecular flexibility index (Phi) is 4.50. The summed E-state index contributed by atoms with van der Waals surface area (Å²) < 4.78 is 1.18. The average Bonchev–Trinajstić information content (AvgIpc) is 2.57. The number of hydrogen-bond acceptors (Lipinski definition) is 4. The Morgan fingerprint density at radius 3 is 2.88 bits per heavy atom. The van der Waals surface area contributed by atoms with E-state index in [0.29, 0.717) is 6.54 Å². The Morgan fingerprint density at radius 2 is 2.08 bits per heavy atom. The van der Waals surface area contributed by atoms with Crippen LogP contribution in [0.15, 0.2) is 46.1 Å². The lowest BCUT2D eigenvalue weighted by atomic mass is 9.90. The van der Waals surface area contributed by atoms with Gasteiger partial charge in [0.05, 0.1) is 0 Å². The van der Waals surface area contributed by atoms with Gasteiger partial charge in [-0.25, -0.2) is 4.79 Å². The van der Waals surface area contributed by atoms with Gasteiger partial charge in [-0.05, 0) is 18.1 Å². The molecule has 0 aliphatic carbocycles. The van der Waals surface area contributed by atoms with Gasteiger partial charge in [-0.3, -0.25) is 19.1 Å². The van der Waals surface area contributed by atoms with Crippen molar-refractivity contribution in [2.24, 2.45) is 0 Å². The van der Waals surface area contributed by atoms with Crippen molar-refractivity contribution in [1.29, 1.82) is 0 Å². The molecule has 0 saturated carbocycles. The topological polar surface area (TPSA) is 87.2 Å². The molecule has 1 aliphatic rings. The van der Waals surface area contributed by atoms with Crippen LogP contribution in [-0.2, 0) is 11.3 Å². The van der Waals surface area contributed by atoms with Gasteiger partial charge in [-0.2, -0.15) is 0 Å². The number of anilines is 1. The SMILES string of the molecule is CN1CCC(CNC(=O)Cn2ccc(=O)[nH]c2=O)c2ccccc21. The molecule has 1 aromatic heterocycles. The summed E-state index contributed by atoms with van der Waals surface area (Å²) in [6.07, 6.45) is 2.29. The maximum absolute atomic E-state index is 12.1. The minimum atomic E-state index is -0.581. The Bertz CT molecular complexity index is 855. The number of aromatic amines is 1. The predicted octanol–water partition coefficient (Wildman–Crippen LogP) is 0.277. The number of nitrogens with zero attached hydrogens (tertiary/aromatic N) is 2. The summed E-state index contributed by atoms with van der Waals surface area (Å²) in [6, 6.07) is 9.42.